The number of carbonyl (C=O) groups excluding carboxylic acids is 1. The quantitative estimate of drug-likeness (QED) is 0.800. The van der Waals surface area contributed by atoms with Gasteiger partial charge in [0.05, 0.1) is 27.7 Å². The molecule has 0 aromatic heterocycles. The fraction of sp³-hybridized carbons (Fsp3) is 0.263. The molecule has 1 heterocycles. The molecule has 0 saturated carbocycles. The molecule has 6 heteroatoms. The number of nitrogens with zero attached hydrogens (tertiary/aromatic N) is 2. The minimum Gasteiger partial charge on any atom is -0.484 e. The summed E-state index contributed by atoms with van der Waals surface area (Å²) in [7, 11) is 0. The SMILES string of the molecule is C[C@@H]1c2cc(Cl)c(Cl)cc2CCN1C(=O)COc1ccc(C#N)cc1. The first-order valence-corrected chi connectivity index (χ1v) is 8.65. The number of ether oxygens (including phenoxy) is 1. The van der Waals surface area contributed by atoms with Crippen molar-refractivity contribution < 1.29 is 9.53 Å². The summed E-state index contributed by atoms with van der Waals surface area (Å²) in [5.74, 6) is 0.473. The van der Waals surface area contributed by atoms with Crippen molar-refractivity contribution >= 4 is 29.1 Å². The summed E-state index contributed by atoms with van der Waals surface area (Å²) < 4.78 is 5.55. The maximum Gasteiger partial charge on any atom is 0.261 e. The Morgan fingerprint density at radius 3 is 2.64 bits per heavy atom. The van der Waals surface area contributed by atoms with Crippen LogP contribution < -0.4 is 4.74 Å². The van der Waals surface area contributed by atoms with Gasteiger partial charge >= 0.3 is 0 Å². The zero-order chi connectivity index (χ0) is 18.0. The standard InChI is InChI=1S/C19H16Cl2N2O2/c1-12-16-9-18(21)17(20)8-14(16)6-7-23(12)19(24)11-25-15-4-2-13(10-22)3-5-15/h2-5,8-9,12H,6-7,11H2,1H3/t12-/m1/s1. The fourth-order valence-corrected chi connectivity index (χ4v) is 3.36. The van der Waals surface area contributed by atoms with Crippen LogP contribution in [-0.4, -0.2) is 24.0 Å². The molecule has 1 amide bonds. The number of rotatable bonds is 3. The second kappa shape index (κ2) is 7.35. The van der Waals surface area contributed by atoms with Crippen molar-refractivity contribution in [2.24, 2.45) is 0 Å². The van der Waals surface area contributed by atoms with E-state index >= 15 is 0 Å². The van der Waals surface area contributed by atoms with E-state index in [1.54, 1.807) is 29.2 Å². The average molecular weight is 375 g/mol. The summed E-state index contributed by atoms with van der Waals surface area (Å²) in [4.78, 5) is 14.3. The lowest BCUT2D eigenvalue weighted by Gasteiger charge is -2.35. The predicted molar refractivity (Wildman–Crippen MR) is 96.9 cm³/mol. The molecule has 2 aromatic carbocycles. The first-order chi connectivity index (χ1) is 12.0. The normalized spacial score (nSPS) is 16.1. The number of amides is 1. The Morgan fingerprint density at radius 2 is 1.96 bits per heavy atom. The van der Waals surface area contributed by atoms with E-state index in [1.807, 2.05) is 25.1 Å². The number of nitriles is 1. The molecule has 0 radical (unpaired) electrons. The number of halogens is 2. The Kier molecular flexibility index (Phi) is 5.17. The van der Waals surface area contributed by atoms with Crippen molar-refractivity contribution in [3.05, 3.63) is 63.1 Å². The van der Waals surface area contributed by atoms with Gasteiger partial charge < -0.3 is 9.64 Å². The van der Waals surface area contributed by atoms with E-state index in [9.17, 15) is 4.79 Å². The van der Waals surface area contributed by atoms with Gasteiger partial charge in [0, 0.05) is 6.54 Å². The summed E-state index contributed by atoms with van der Waals surface area (Å²) in [5.41, 5.74) is 2.70. The zero-order valence-electron chi connectivity index (χ0n) is 13.6. The Morgan fingerprint density at radius 1 is 1.28 bits per heavy atom. The molecule has 0 bridgehead atoms. The van der Waals surface area contributed by atoms with Crippen LogP contribution in [0.2, 0.25) is 10.0 Å². The van der Waals surface area contributed by atoms with E-state index in [-0.39, 0.29) is 18.6 Å². The van der Waals surface area contributed by atoms with Gasteiger partial charge in [-0.2, -0.15) is 5.26 Å². The summed E-state index contributed by atoms with van der Waals surface area (Å²) in [6.45, 7) is 2.54. The topological polar surface area (TPSA) is 53.3 Å². The number of fused-ring (bicyclic) bond motifs is 1. The predicted octanol–water partition coefficient (Wildman–Crippen LogP) is 4.39. The van der Waals surface area contributed by atoms with Crippen molar-refractivity contribution in [1.29, 1.82) is 5.26 Å². The first-order valence-electron chi connectivity index (χ1n) is 7.90. The molecule has 1 atom stereocenters. The average Bonchev–Trinajstić information content (AvgIpc) is 2.62. The number of carbonyl (C=O) groups is 1. The molecule has 1 aliphatic rings. The van der Waals surface area contributed by atoms with Crippen LogP contribution in [0.1, 0.15) is 29.7 Å². The molecule has 0 unspecified atom stereocenters. The third-order valence-electron chi connectivity index (χ3n) is 4.39. The molecule has 3 rings (SSSR count). The summed E-state index contributed by atoms with van der Waals surface area (Å²) in [6, 6.07) is 12.4. The molecule has 0 fully saturated rings. The second-order valence-electron chi connectivity index (χ2n) is 5.90. The van der Waals surface area contributed by atoms with Crippen LogP contribution in [0, 0.1) is 11.3 Å². The van der Waals surface area contributed by atoms with Crippen LogP contribution in [0.5, 0.6) is 5.75 Å². The lowest BCUT2D eigenvalue weighted by molar-refractivity contribution is -0.135. The molecule has 2 aromatic rings. The molecule has 25 heavy (non-hydrogen) atoms. The van der Waals surface area contributed by atoms with Crippen molar-refractivity contribution in [2.75, 3.05) is 13.2 Å². The Hall–Kier alpha value is -2.22. The number of hydrogen-bond donors (Lipinski definition) is 0. The lowest BCUT2D eigenvalue weighted by atomic mass is 9.93. The molecule has 0 spiro atoms. The van der Waals surface area contributed by atoms with E-state index in [2.05, 4.69) is 0 Å². The van der Waals surface area contributed by atoms with E-state index in [0.29, 0.717) is 27.9 Å². The third kappa shape index (κ3) is 3.73. The summed E-state index contributed by atoms with van der Waals surface area (Å²) in [5, 5.41) is 9.83. The van der Waals surface area contributed by atoms with Crippen LogP contribution in [0.4, 0.5) is 0 Å². The molecule has 0 N–H and O–H groups in total. The maximum absolute atomic E-state index is 12.6. The Labute approximate surface area is 156 Å². The van der Waals surface area contributed by atoms with Crippen molar-refractivity contribution in [2.45, 2.75) is 19.4 Å². The Bertz CT molecular complexity index is 844. The van der Waals surface area contributed by atoms with Gasteiger partial charge in [-0.25, -0.2) is 0 Å². The van der Waals surface area contributed by atoms with E-state index < -0.39 is 0 Å². The molecule has 0 saturated heterocycles. The summed E-state index contributed by atoms with van der Waals surface area (Å²) in [6.07, 6.45) is 0.735. The van der Waals surface area contributed by atoms with Gasteiger partial charge in [-0.1, -0.05) is 23.2 Å². The highest BCUT2D eigenvalue weighted by Gasteiger charge is 2.28. The van der Waals surface area contributed by atoms with Crippen molar-refractivity contribution in [3.8, 4) is 11.8 Å². The van der Waals surface area contributed by atoms with Gasteiger partial charge in [-0.3, -0.25) is 4.79 Å². The molecular weight excluding hydrogens is 359 g/mol. The zero-order valence-corrected chi connectivity index (χ0v) is 15.1. The van der Waals surface area contributed by atoms with Crippen LogP contribution in [0.25, 0.3) is 0 Å². The highest BCUT2D eigenvalue weighted by atomic mass is 35.5. The Balaban J connectivity index is 1.68. The number of benzene rings is 2. The second-order valence-corrected chi connectivity index (χ2v) is 6.72. The minimum atomic E-state index is -0.0893. The van der Waals surface area contributed by atoms with Crippen LogP contribution in [0.3, 0.4) is 0 Å². The molecular formula is C19H16Cl2N2O2. The first kappa shape index (κ1) is 17.6. The molecule has 1 aliphatic heterocycles. The van der Waals surface area contributed by atoms with Gasteiger partial charge in [0.1, 0.15) is 5.75 Å². The number of hydrogen-bond acceptors (Lipinski definition) is 3. The van der Waals surface area contributed by atoms with Gasteiger partial charge in [0.25, 0.3) is 5.91 Å². The van der Waals surface area contributed by atoms with E-state index in [1.165, 1.54) is 0 Å². The van der Waals surface area contributed by atoms with E-state index in [4.69, 9.17) is 33.2 Å². The third-order valence-corrected chi connectivity index (χ3v) is 5.11. The van der Waals surface area contributed by atoms with Gasteiger partial charge in [-0.15, -0.1) is 0 Å². The van der Waals surface area contributed by atoms with E-state index in [0.717, 1.165) is 17.5 Å². The highest BCUT2D eigenvalue weighted by Crippen LogP contribution is 2.35. The van der Waals surface area contributed by atoms with Gasteiger partial charge in [0.2, 0.25) is 0 Å². The smallest absolute Gasteiger partial charge is 0.261 e. The molecule has 4 nitrogen and oxygen atoms in total. The molecule has 0 aliphatic carbocycles. The maximum atomic E-state index is 12.6. The van der Waals surface area contributed by atoms with Gasteiger partial charge in [0.15, 0.2) is 6.61 Å². The van der Waals surface area contributed by atoms with Crippen LogP contribution in [0.15, 0.2) is 36.4 Å². The summed E-state index contributed by atoms with van der Waals surface area (Å²) >= 11 is 12.2. The monoisotopic (exact) mass is 374 g/mol. The van der Waals surface area contributed by atoms with Gasteiger partial charge in [-0.05, 0) is 60.9 Å². The van der Waals surface area contributed by atoms with Crippen LogP contribution in [-0.2, 0) is 11.2 Å². The van der Waals surface area contributed by atoms with Crippen molar-refractivity contribution in [1.82, 2.24) is 4.90 Å². The van der Waals surface area contributed by atoms with Crippen LogP contribution >= 0.6 is 23.2 Å². The van der Waals surface area contributed by atoms with Crippen molar-refractivity contribution in [3.63, 3.8) is 0 Å². The highest BCUT2D eigenvalue weighted by molar-refractivity contribution is 6.42. The largest absolute Gasteiger partial charge is 0.484 e. The minimum absolute atomic E-state index is 0.0487. The fourth-order valence-electron chi connectivity index (χ4n) is 3.01. The molecule has 128 valence electrons. The lowest BCUT2D eigenvalue weighted by Crippen LogP contribution is -2.41.